The summed E-state index contributed by atoms with van der Waals surface area (Å²) in [6.07, 6.45) is 11.3. The summed E-state index contributed by atoms with van der Waals surface area (Å²) >= 11 is 12.7. The van der Waals surface area contributed by atoms with Gasteiger partial charge in [0.25, 0.3) is 0 Å². The molecule has 0 aromatic rings. The summed E-state index contributed by atoms with van der Waals surface area (Å²) in [5.74, 6) is 0. The molecule has 0 amide bonds. The Morgan fingerprint density at radius 1 is 0.684 bits per heavy atom. The summed E-state index contributed by atoms with van der Waals surface area (Å²) < 4.78 is 0. The van der Waals surface area contributed by atoms with Gasteiger partial charge in [-0.15, -0.1) is 23.2 Å². The van der Waals surface area contributed by atoms with Gasteiger partial charge in [0.05, 0.1) is 0 Å². The predicted molar refractivity (Wildman–Crippen MR) is 84.4 cm³/mol. The van der Waals surface area contributed by atoms with Crippen LogP contribution in [0.5, 0.6) is 0 Å². The maximum atomic E-state index is 6.34. The van der Waals surface area contributed by atoms with E-state index in [-0.39, 0.29) is 0 Å². The molecule has 4 heteroatoms. The summed E-state index contributed by atoms with van der Waals surface area (Å²) in [6.45, 7) is 2.14. The summed E-state index contributed by atoms with van der Waals surface area (Å²) in [7, 11) is 0. The Bertz CT molecular complexity index is 226. The van der Waals surface area contributed by atoms with E-state index in [0.717, 1.165) is 13.1 Å². The van der Waals surface area contributed by atoms with Crippen molar-refractivity contribution in [1.29, 1.82) is 0 Å². The van der Waals surface area contributed by atoms with E-state index in [9.17, 15) is 0 Å². The molecule has 2 rings (SSSR count). The average molecular weight is 307 g/mol. The van der Waals surface area contributed by atoms with Gasteiger partial charge in [-0.05, 0) is 45.2 Å². The normalized spacial score (nSPS) is 36.3. The third kappa shape index (κ3) is 5.41. The van der Waals surface area contributed by atoms with Gasteiger partial charge in [0.2, 0.25) is 0 Å². The van der Waals surface area contributed by atoms with Crippen LogP contribution >= 0.6 is 23.2 Å². The number of hydrogen-bond donors (Lipinski definition) is 2. The number of halogens is 2. The lowest BCUT2D eigenvalue weighted by molar-refractivity contribution is 0.359. The molecule has 2 N–H and O–H groups in total. The van der Waals surface area contributed by atoms with Gasteiger partial charge in [-0.1, -0.05) is 25.7 Å². The zero-order chi connectivity index (χ0) is 13.5. The number of hydrogen-bond acceptors (Lipinski definition) is 2. The Labute approximate surface area is 128 Å². The minimum Gasteiger partial charge on any atom is -0.312 e. The van der Waals surface area contributed by atoms with Crippen molar-refractivity contribution < 1.29 is 0 Å². The fraction of sp³-hybridized carbons (Fsp3) is 1.00. The first-order chi connectivity index (χ1) is 9.27. The average Bonchev–Trinajstić information content (AvgIpc) is 2.42. The molecule has 2 nitrogen and oxygen atoms in total. The molecular weight excluding hydrogens is 279 g/mol. The molecular formula is C15H28Cl2N2. The van der Waals surface area contributed by atoms with Gasteiger partial charge in [0.1, 0.15) is 0 Å². The van der Waals surface area contributed by atoms with Gasteiger partial charge in [0.15, 0.2) is 0 Å². The smallest absolute Gasteiger partial charge is 0.0489 e. The van der Waals surface area contributed by atoms with Crippen molar-refractivity contribution in [3.63, 3.8) is 0 Å². The first-order valence-corrected chi connectivity index (χ1v) is 8.89. The van der Waals surface area contributed by atoms with E-state index < -0.39 is 0 Å². The SMILES string of the molecule is ClC1CCCCC1NCCCNC1CCCCC1Cl. The van der Waals surface area contributed by atoms with Gasteiger partial charge in [0, 0.05) is 22.8 Å². The van der Waals surface area contributed by atoms with Gasteiger partial charge < -0.3 is 10.6 Å². The standard InChI is InChI=1S/C15H28Cl2N2/c16-12-6-1-3-8-14(12)18-10-5-11-19-15-9-4-2-7-13(15)17/h12-15,18-19H,1-11H2. The molecule has 2 saturated carbocycles. The summed E-state index contributed by atoms with van der Waals surface area (Å²) in [5.41, 5.74) is 0. The van der Waals surface area contributed by atoms with E-state index >= 15 is 0 Å². The van der Waals surface area contributed by atoms with Crippen molar-refractivity contribution in [2.45, 2.75) is 80.6 Å². The van der Waals surface area contributed by atoms with Crippen LogP contribution in [0.2, 0.25) is 0 Å². The van der Waals surface area contributed by atoms with E-state index in [1.807, 2.05) is 0 Å². The second kappa shape index (κ2) is 8.71. The Balaban J connectivity index is 1.51. The monoisotopic (exact) mass is 306 g/mol. The lowest BCUT2D eigenvalue weighted by Crippen LogP contribution is -2.42. The molecule has 0 aromatic carbocycles. The van der Waals surface area contributed by atoms with Crippen LogP contribution in [0, 0.1) is 0 Å². The Morgan fingerprint density at radius 3 is 1.53 bits per heavy atom. The molecule has 0 radical (unpaired) electrons. The fourth-order valence-electron chi connectivity index (χ4n) is 3.29. The van der Waals surface area contributed by atoms with Crippen LogP contribution in [0.15, 0.2) is 0 Å². The van der Waals surface area contributed by atoms with Crippen molar-refractivity contribution >= 4 is 23.2 Å². The van der Waals surface area contributed by atoms with Crippen molar-refractivity contribution in [3.8, 4) is 0 Å². The van der Waals surface area contributed by atoms with Crippen molar-refractivity contribution in [3.05, 3.63) is 0 Å². The van der Waals surface area contributed by atoms with Crippen LogP contribution in [0.25, 0.3) is 0 Å². The summed E-state index contributed by atoms with van der Waals surface area (Å²) in [4.78, 5) is 0. The molecule has 0 saturated heterocycles. The number of alkyl halides is 2. The van der Waals surface area contributed by atoms with E-state index in [4.69, 9.17) is 23.2 Å². The predicted octanol–water partition coefficient (Wildman–Crippen LogP) is 3.66. The van der Waals surface area contributed by atoms with E-state index in [0.29, 0.717) is 22.8 Å². The Morgan fingerprint density at radius 2 is 1.11 bits per heavy atom. The minimum atomic E-state index is 0.340. The lowest BCUT2D eigenvalue weighted by atomic mass is 9.94. The Kier molecular flexibility index (Phi) is 7.28. The highest BCUT2D eigenvalue weighted by molar-refractivity contribution is 6.21. The van der Waals surface area contributed by atoms with Crippen LogP contribution in [0.1, 0.15) is 57.8 Å². The number of nitrogens with one attached hydrogen (secondary N) is 2. The highest BCUT2D eigenvalue weighted by Crippen LogP contribution is 2.23. The zero-order valence-electron chi connectivity index (χ0n) is 11.8. The zero-order valence-corrected chi connectivity index (χ0v) is 13.4. The van der Waals surface area contributed by atoms with Crippen molar-refractivity contribution in [2.24, 2.45) is 0 Å². The van der Waals surface area contributed by atoms with Gasteiger partial charge in [-0.25, -0.2) is 0 Å². The highest BCUT2D eigenvalue weighted by atomic mass is 35.5. The second-order valence-electron chi connectivity index (χ2n) is 6.08. The van der Waals surface area contributed by atoms with Crippen LogP contribution < -0.4 is 10.6 Å². The first-order valence-electron chi connectivity index (χ1n) is 8.02. The van der Waals surface area contributed by atoms with Crippen molar-refractivity contribution in [1.82, 2.24) is 10.6 Å². The van der Waals surface area contributed by atoms with Gasteiger partial charge in [-0.3, -0.25) is 0 Å². The maximum Gasteiger partial charge on any atom is 0.0489 e. The van der Waals surface area contributed by atoms with Crippen LogP contribution in [0.4, 0.5) is 0 Å². The maximum absolute atomic E-state index is 6.34. The Hall–Kier alpha value is 0.500. The molecule has 0 bridgehead atoms. The molecule has 2 aliphatic carbocycles. The van der Waals surface area contributed by atoms with Gasteiger partial charge in [-0.2, -0.15) is 0 Å². The molecule has 0 aliphatic heterocycles. The quantitative estimate of drug-likeness (QED) is 0.578. The summed E-state index contributed by atoms with van der Waals surface area (Å²) in [6, 6.07) is 1.07. The molecule has 2 fully saturated rings. The van der Waals surface area contributed by atoms with Gasteiger partial charge >= 0.3 is 0 Å². The van der Waals surface area contributed by atoms with Crippen LogP contribution in [-0.4, -0.2) is 35.9 Å². The minimum absolute atomic E-state index is 0.340. The molecule has 0 spiro atoms. The summed E-state index contributed by atoms with van der Waals surface area (Å²) in [5, 5.41) is 7.91. The first kappa shape index (κ1) is 15.9. The molecule has 2 aliphatic rings. The van der Waals surface area contributed by atoms with E-state index in [1.165, 1.54) is 57.8 Å². The van der Waals surface area contributed by atoms with Crippen LogP contribution in [0.3, 0.4) is 0 Å². The molecule has 112 valence electrons. The molecule has 4 unspecified atom stereocenters. The van der Waals surface area contributed by atoms with E-state index in [2.05, 4.69) is 10.6 Å². The molecule has 0 aromatic heterocycles. The highest BCUT2D eigenvalue weighted by Gasteiger charge is 2.23. The van der Waals surface area contributed by atoms with E-state index in [1.54, 1.807) is 0 Å². The largest absolute Gasteiger partial charge is 0.312 e. The molecule has 4 atom stereocenters. The molecule has 0 heterocycles. The lowest BCUT2D eigenvalue weighted by Gasteiger charge is -2.29. The van der Waals surface area contributed by atoms with Crippen molar-refractivity contribution in [2.75, 3.05) is 13.1 Å². The topological polar surface area (TPSA) is 24.1 Å². The third-order valence-corrected chi connectivity index (χ3v) is 5.57. The van der Waals surface area contributed by atoms with Crippen LogP contribution in [-0.2, 0) is 0 Å². The second-order valence-corrected chi connectivity index (χ2v) is 7.20. The third-order valence-electron chi connectivity index (χ3n) is 4.53. The number of rotatable bonds is 6. The molecule has 19 heavy (non-hydrogen) atoms. The fourth-order valence-corrected chi connectivity index (χ4v) is 4.03.